The Balaban J connectivity index is 1.39. The standard InChI is InChI=1S/C35H64O6/c1-3-4-5-6-7-8-9-10-14-17-23-31(37)33-25-26-34(41-33)32(38)24-19-18-22-30(36)21-16-13-11-12-15-20-29-27-28(2)40-35(29)39/h27-28,30-34,36-38H,3-26H2,1-2H3/t28-,30?,31+,32-,33+,34+/m1/s1. The fourth-order valence-electron chi connectivity index (χ4n) is 6.39. The molecule has 6 atom stereocenters. The van der Waals surface area contributed by atoms with Gasteiger partial charge in [-0.2, -0.15) is 0 Å². The molecule has 1 fully saturated rings. The average molecular weight is 581 g/mol. The van der Waals surface area contributed by atoms with Gasteiger partial charge >= 0.3 is 5.97 Å². The van der Waals surface area contributed by atoms with Gasteiger partial charge in [0.25, 0.3) is 0 Å². The highest BCUT2D eigenvalue weighted by molar-refractivity contribution is 5.90. The molecule has 0 amide bonds. The minimum Gasteiger partial charge on any atom is -0.455 e. The number of carbonyl (C=O) groups excluding carboxylic acids is 1. The third-order valence-corrected chi connectivity index (χ3v) is 9.06. The summed E-state index contributed by atoms with van der Waals surface area (Å²) in [6, 6.07) is 0. The Labute approximate surface area is 251 Å². The molecule has 2 aliphatic heterocycles. The molecule has 0 aromatic carbocycles. The van der Waals surface area contributed by atoms with Crippen LogP contribution < -0.4 is 0 Å². The van der Waals surface area contributed by atoms with Gasteiger partial charge < -0.3 is 24.8 Å². The van der Waals surface area contributed by atoms with Crippen LogP contribution in [0.2, 0.25) is 0 Å². The van der Waals surface area contributed by atoms with Crippen LogP contribution in [0.4, 0.5) is 0 Å². The summed E-state index contributed by atoms with van der Waals surface area (Å²) < 4.78 is 11.2. The Kier molecular flexibility index (Phi) is 20.0. The van der Waals surface area contributed by atoms with Crippen LogP contribution in [-0.4, -0.2) is 57.9 Å². The van der Waals surface area contributed by atoms with Crippen molar-refractivity contribution in [1.82, 2.24) is 0 Å². The molecule has 0 radical (unpaired) electrons. The molecule has 0 bridgehead atoms. The Morgan fingerprint density at radius 2 is 1.12 bits per heavy atom. The van der Waals surface area contributed by atoms with Crippen LogP contribution in [0.1, 0.15) is 168 Å². The number of esters is 1. The maximum Gasteiger partial charge on any atom is 0.334 e. The first-order valence-corrected chi connectivity index (χ1v) is 17.5. The van der Waals surface area contributed by atoms with Crippen LogP contribution in [0.25, 0.3) is 0 Å². The SMILES string of the molecule is CCCCCCCCCCCC[C@H](O)[C@@H]1CC[C@@H]([C@H](O)CCCCC(O)CCCCCCCC2=C[C@@H](C)OC2=O)O1. The van der Waals surface area contributed by atoms with E-state index < -0.39 is 12.2 Å². The van der Waals surface area contributed by atoms with Gasteiger partial charge in [-0.15, -0.1) is 0 Å². The molecule has 1 saturated heterocycles. The third-order valence-electron chi connectivity index (χ3n) is 9.06. The summed E-state index contributed by atoms with van der Waals surface area (Å²) in [6.07, 6.45) is 26.2. The number of hydrogen-bond donors (Lipinski definition) is 3. The summed E-state index contributed by atoms with van der Waals surface area (Å²) in [6.45, 7) is 4.15. The van der Waals surface area contributed by atoms with Crippen LogP contribution in [0.5, 0.6) is 0 Å². The van der Waals surface area contributed by atoms with E-state index in [0.29, 0.717) is 6.42 Å². The molecular weight excluding hydrogens is 516 g/mol. The second kappa shape index (κ2) is 22.6. The van der Waals surface area contributed by atoms with Crippen molar-refractivity contribution in [3.8, 4) is 0 Å². The molecule has 6 nitrogen and oxygen atoms in total. The highest BCUT2D eigenvalue weighted by atomic mass is 16.5. The van der Waals surface area contributed by atoms with Crippen molar-refractivity contribution in [2.45, 2.75) is 205 Å². The van der Waals surface area contributed by atoms with Gasteiger partial charge in [0.05, 0.1) is 30.5 Å². The van der Waals surface area contributed by atoms with Crippen molar-refractivity contribution < 1.29 is 29.6 Å². The topological polar surface area (TPSA) is 96.2 Å². The van der Waals surface area contributed by atoms with Gasteiger partial charge in [0.1, 0.15) is 6.10 Å². The van der Waals surface area contributed by atoms with Gasteiger partial charge in [0.15, 0.2) is 0 Å². The summed E-state index contributed by atoms with van der Waals surface area (Å²) in [5.41, 5.74) is 0.828. The number of ether oxygens (including phenoxy) is 2. The molecule has 2 heterocycles. The normalized spacial score (nSPS) is 23.0. The van der Waals surface area contributed by atoms with E-state index in [2.05, 4.69) is 6.92 Å². The molecule has 2 aliphatic rings. The van der Waals surface area contributed by atoms with Crippen LogP contribution >= 0.6 is 0 Å². The van der Waals surface area contributed by atoms with E-state index in [-0.39, 0.29) is 30.4 Å². The van der Waals surface area contributed by atoms with Crippen molar-refractivity contribution in [2.24, 2.45) is 0 Å². The second-order valence-electron chi connectivity index (χ2n) is 12.9. The number of carbonyl (C=O) groups is 1. The lowest BCUT2D eigenvalue weighted by Gasteiger charge is -2.22. The van der Waals surface area contributed by atoms with Gasteiger partial charge in [0.2, 0.25) is 0 Å². The van der Waals surface area contributed by atoms with Crippen molar-refractivity contribution in [1.29, 1.82) is 0 Å². The summed E-state index contributed by atoms with van der Waals surface area (Å²) >= 11 is 0. The van der Waals surface area contributed by atoms with Crippen molar-refractivity contribution >= 4 is 5.97 Å². The molecule has 1 unspecified atom stereocenters. The number of cyclic esters (lactones) is 1. The molecular formula is C35H64O6. The third kappa shape index (κ3) is 16.5. The fraction of sp³-hybridized carbons (Fsp3) is 0.914. The zero-order valence-electron chi connectivity index (χ0n) is 26.6. The Morgan fingerprint density at radius 1 is 0.683 bits per heavy atom. The molecule has 0 aliphatic carbocycles. The molecule has 0 aromatic rings. The first-order chi connectivity index (χ1) is 19.9. The molecule has 0 aromatic heterocycles. The largest absolute Gasteiger partial charge is 0.455 e. The molecule has 3 N–H and O–H groups in total. The number of aliphatic hydroxyl groups excluding tert-OH is 3. The Bertz CT molecular complexity index is 694. The lowest BCUT2D eigenvalue weighted by molar-refractivity contribution is -0.139. The fourth-order valence-corrected chi connectivity index (χ4v) is 6.39. The van der Waals surface area contributed by atoms with Gasteiger partial charge in [-0.3, -0.25) is 0 Å². The van der Waals surface area contributed by atoms with E-state index in [1.165, 1.54) is 57.8 Å². The molecule has 240 valence electrons. The summed E-state index contributed by atoms with van der Waals surface area (Å²) in [5.74, 6) is -0.151. The first-order valence-electron chi connectivity index (χ1n) is 17.5. The highest BCUT2D eigenvalue weighted by Gasteiger charge is 2.34. The number of hydrogen-bond acceptors (Lipinski definition) is 6. The van der Waals surface area contributed by atoms with E-state index in [4.69, 9.17) is 9.47 Å². The lowest BCUT2D eigenvalue weighted by atomic mass is 9.99. The Hall–Kier alpha value is -0.950. The molecule has 6 heteroatoms. The predicted octanol–water partition coefficient (Wildman–Crippen LogP) is 8.09. The predicted molar refractivity (Wildman–Crippen MR) is 167 cm³/mol. The summed E-state index contributed by atoms with van der Waals surface area (Å²) in [5, 5.41) is 31.5. The van der Waals surface area contributed by atoms with Crippen LogP contribution in [-0.2, 0) is 14.3 Å². The molecule has 0 spiro atoms. The Morgan fingerprint density at radius 3 is 1.63 bits per heavy atom. The van der Waals surface area contributed by atoms with Crippen LogP contribution in [0.3, 0.4) is 0 Å². The number of unbranched alkanes of at least 4 members (excludes halogenated alkanes) is 14. The van der Waals surface area contributed by atoms with Crippen LogP contribution in [0, 0.1) is 0 Å². The van der Waals surface area contributed by atoms with E-state index in [1.807, 2.05) is 13.0 Å². The van der Waals surface area contributed by atoms with Crippen molar-refractivity contribution in [3.63, 3.8) is 0 Å². The van der Waals surface area contributed by atoms with E-state index in [1.54, 1.807) is 0 Å². The maximum absolute atomic E-state index is 11.6. The average Bonchev–Trinajstić information content (AvgIpc) is 3.57. The number of aliphatic hydroxyl groups is 3. The van der Waals surface area contributed by atoms with Crippen molar-refractivity contribution in [3.05, 3.63) is 11.6 Å². The van der Waals surface area contributed by atoms with E-state index >= 15 is 0 Å². The van der Waals surface area contributed by atoms with Gasteiger partial charge in [-0.1, -0.05) is 110 Å². The number of rotatable bonds is 26. The van der Waals surface area contributed by atoms with E-state index in [9.17, 15) is 20.1 Å². The zero-order valence-corrected chi connectivity index (χ0v) is 26.6. The van der Waals surface area contributed by atoms with E-state index in [0.717, 1.165) is 95.5 Å². The molecule has 0 saturated carbocycles. The summed E-state index contributed by atoms with van der Waals surface area (Å²) in [7, 11) is 0. The van der Waals surface area contributed by atoms with Gasteiger partial charge in [0, 0.05) is 5.57 Å². The van der Waals surface area contributed by atoms with Crippen molar-refractivity contribution in [2.75, 3.05) is 0 Å². The van der Waals surface area contributed by atoms with Crippen LogP contribution in [0.15, 0.2) is 11.6 Å². The van der Waals surface area contributed by atoms with Gasteiger partial charge in [-0.25, -0.2) is 4.79 Å². The lowest BCUT2D eigenvalue weighted by Crippen LogP contribution is -2.31. The maximum atomic E-state index is 11.6. The van der Waals surface area contributed by atoms with Gasteiger partial charge in [-0.05, 0) is 64.4 Å². The smallest absolute Gasteiger partial charge is 0.334 e. The minimum absolute atomic E-state index is 0.0754. The second-order valence-corrected chi connectivity index (χ2v) is 12.9. The monoisotopic (exact) mass is 580 g/mol. The first kappa shape index (κ1) is 36.2. The molecule has 2 rings (SSSR count). The highest BCUT2D eigenvalue weighted by Crippen LogP contribution is 2.28. The minimum atomic E-state index is -0.480. The summed E-state index contributed by atoms with van der Waals surface area (Å²) in [4.78, 5) is 11.6. The zero-order chi connectivity index (χ0) is 29.7. The molecule has 41 heavy (non-hydrogen) atoms. The quantitative estimate of drug-likeness (QED) is 0.0707.